The summed E-state index contributed by atoms with van der Waals surface area (Å²) in [6, 6.07) is 2.13. The van der Waals surface area contributed by atoms with Gasteiger partial charge in [-0.3, -0.25) is 4.90 Å². The van der Waals surface area contributed by atoms with Crippen molar-refractivity contribution in [1.29, 1.82) is 0 Å². The molecular formula is C14H21NO3. The summed E-state index contributed by atoms with van der Waals surface area (Å²) in [5.74, 6) is 1.69. The van der Waals surface area contributed by atoms with Gasteiger partial charge >= 0.3 is 0 Å². The molecule has 4 heteroatoms. The van der Waals surface area contributed by atoms with Gasteiger partial charge in [0.2, 0.25) is 0 Å². The minimum absolute atomic E-state index is 0.328. The maximum Gasteiger partial charge on any atom is 0.181 e. The lowest BCUT2D eigenvalue weighted by Crippen LogP contribution is -2.48. The van der Waals surface area contributed by atoms with Gasteiger partial charge in [0.15, 0.2) is 5.79 Å². The van der Waals surface area contributed by atoms with Crippen molar-refractivity contribution in [3.63, 3.8) is 0 Å². The molecule has 0 amide bonds. The molecule has 2 saturated heterocycles. The summed E-state index contributed by atoms with van der Waals surface area (Å²) in [5.41, 5.74) is 1.28. The standard InChI is InChI=1S/C14H21NO3/c1-11-8-13(12(2)18-11)9-15-5-3-4-14(10-15)16-6-7-17-14/h8H,3-7,9-10H2,1-2H3. The molecule has 3 heterocycles. The summed E-state index contributed by atoms with van der Waals surface area (Å²) < 4.78 is 17.2. The summed E-state index contributed by atoms with van der Waals surface area (Å²) in [7, 11) is 0. The molecule has 1 spiro atoms. The summed E-state index contributed by atoms with van der Waals surface area (Å²) in [6.07, 6.45) is 2.16. The first-order valence-electron chi connectivity index (χ1n) is 6.73. The number of hydrogen-bond donors (Lipinski definition) is 0. The number of hydrogen-bond acceptors (Lipinski definition) is 4. The zero-order valence-corrected chi connectivity index (χ0v) is 11.2. The van der Waals surface area contributed by atoms with Crippen molar-refractivity contribution in [1.82, 2.24) is 4.90 Å². The van der Waals surface area contributed by atoms with E-state index in [-0.39, 0.29) is 5.79 Å². The molecule has 0 saturated carbocycles. The lowest BCUT2D eigenvalue weighted by Gasteiger charge is -2.38. The Hall–Kier alpha value is -0.840. The molecule has 4 nitrogen and oxygen atoms in total. The van der Waals surface area contributed by atoms with Crippen LogP contribution in [0.1, 0.15) is 29.9 Å². The van der Waals surface area contributed by atoms with Crippen LogP contribution in [0, 0.1) is 13.8 Å². The fraction of sp³-hybridized carbons (Fsp3) is 0.714. The van der Waals surface area contributed by atoms with E-state index in [0.29, 0.717) is 0 Å². The Bertz CT molecular complexity index is 421. The van der Waals surface area contributed by atoms with Gasteiger partial charge in [0.1, 0.15) is 11.5 Å². The van der Waals surface area contributed by atoms with E-state index in [1.807, 2.05) is 13.8 Å². The number of aryl methyl sites for hydroxylation is 2. The highest BCUT2D eigenvalue weighted by Crippen LogP contribution is 2.31. The van der Waals surface area contributed by atoms with Gasteiger partial charge < -0.3 is 13.9 Å². The van der Waals surface area contributed by atoms with Crippen LogP contribution < -0.4 is 0 Å². The predicted octanol–water partition coefficient (Wildman–Crippen LogP) is 2.24. The van der Waals surface area contributed by atoms with Gasteiger partial charge in [0.05, 0.1) is 19.8 Å². The molecule has 0 aromatic carbocycles. The summed E-state index contributed by atoms with van der Waals surface area (Å²) in [4.78, 5) is 2.41. The van der Waals surface area contributed by atoms with Crippen molar-refractivity contribution in [2.24, 2.45) is 0 Å². The lowest BCUT2D eigenvalue weighted by molar-refractivity contribution is -0.190. The van der Waals surface area contributed by atoms with Crippen LogP contribution in [-0.2, 0) is 16.0 Å². The van der Waals surface area contributed by atoms with Crippen LogP contribution in [0.15, 0.2) is 10.5 Å². The number of piperidine rings is 1. The molecule has 100 valence electrons. The van der Waals surface area contributed by atoms with Crippen molar-refractivity contribution in [3.8, 4) is 0 Å². The molecule has 0 aliphatic carbocycles. The van der Waals surface area contributed by atoms with Crippen LogP contribution in [0.3, 0.4) is 0 Å². The first kappa shape index (κ1) is 12.2. The van der Waals surface area contributed by atoms with E-state index < -0.39 is 0 Å². The van der Waals surface area contributed by atoms with Crippen molar-refractivity contribution >= 4 is 0 Å². The van der Waals surface area contributed by atoms with Crippen LogP contribution in [0.4, 0.5) is 0 Å². The minimum atomic E-state index is -0.328. The lowest BCUT2D eigenvalue weighted by atomic mass is 10.0. The molecule has 3 rings (SSSR count). The molecule has 0 atom stereocenters. The molecule has 18 heavy (non-hydrogen) atoms. The second-order valence-electron chi connectivity index (χ2n) is 5.36. The second-order valence-corrected chi connectivity index (χ2v) is 5.36. The highest BCUT2D eigenvalue weighted by Gasteiger charge is 2.40. The van der Waals surface area contributed by atoms with Crippen LogP contribution in [0.5, 0.6) is 0 Å². The van der Waals surface area contributed by atoms with E-state index in [1.54, 1.807) is 0 Å². The highest BCUT2D eigenvalue weighted by molar-refractivity contribution is 5.20. The van der Waals surface area contributed by atoms with E-state index in [2.05, 4.69) is 11.0 Å². The third-order valence-corrected chi connectivity index (χ3v) is 3.85. The van der Waals surface area contributed by atoms with Crippen molar-refractivity contribution < 1.29 is 13.9 Å². The van der Waals surface area contributed by atoms with E-state index >= 15 is 0 Å². The summed E-state index contributed by atoms with van der Waals surface area (Å²) >= 11 is 0. The van der Waals surface area contributed by atoms with E-state index in [0.717, 1.165) is 57.2 Å². The SMILES string of the molecule is Cc1cc(CN2CCCC3(C2)OCCO3)c(C)o1. The summed E-state index contributed by atoms with van der Waals surface area (Å²) in [5, 5.41) is 0. The molecule has 2 aliphatic heterocycles. The third-order valence-electron chi connectivity index (χ3n) is 3.85. The molecular weight excluding hydrogens is 230 g/mol. The number of rotatable bonds is 2. The van der Waals surface area contributed by atoms with E-state index in [9.17, 15) is 0 Å². The first-order valence-corrected chi connectivity index (χ1v) is 6.73. The summed E-state index contributed by atoms with van der Waals surface area (Å²) in [6.45, 7) is 8.41. The fourth-order valence-corrected chi connectivity index (χ4v) is 3.02. The molecule has 1 aromatic rings. The first-order chi connectivity index (χ1) is 8.67. The van der Waals surface area contributed by atoms with Gasteiger partial charge in [-0.25, -0.2) is 0 Å². The molecule has 0 N–H and O–H groups in total. The van der Waals surface area contributed by atoms with Crippen molar-refractivity contribution in [3.05, 3.63) is 23.2 Å². The highest BCUT2D eigenvalue weighted by atomic mass is 16.7. The average molecular weight is 251 g/mol. The number of furan rings is 1. The number of ether oxygens (including phenoxy) is 2. The van der Waals surface area contributed by atoms with E-state index in [1.165, 1.54) is 5.56 Å². The Morgan fingerprint density at radius 1 is 1.28 bits per heavy atom. The van der Waals surface area contributed by atoms with Gasteiger partial charge in [-0.2, -0.15) is 0 Å². The quantitative estimate of drug-likeness (QED) is 0.807. The smallest absolute Gasteiger partial charge is 0.181 e. The Kier molecular flexibility index (Phi) is 3.18. The number of nitrogens with zero attached hydrogens (tertiary/aromatic N) is 1. The maximum atomic E-state index is 5.80. The van der Waals surface area contributed by atoms with E-state index in [4.69, 9.17) is 13.9 Å². The Balaban J connectivity index is 1.67. The largest absolute Gasteiger partial charge is 0.466 e. The van der Waals surface area contributed by atoms with Crippen molar-refractivity contribution in [2.45, 2.75) is 39.0 Å². The predicted molar refractivity (Wildman–Crippen MR) is 67.3 cm³/mol. The zero-order chi connectivity index (χ0) is 12.6. The van der Waals surface area contributed by atoms with Crippen LogP contribution in [0.2, 0.25) is 0 Å². The Morgan fingerprint density at radius 3 is 2.72 bits per heavy atom. The van der Waals surface area contributed by atoms with Gasteiger partial charge in [-0.05, 0) is 32.9 Å². The maximum absolute atomic E-state index is 5.80. The second kappa shape index (κ2) is 4.68. The third kappa shape index (κ3) is 2.32. The Morgan fingerprint density at radius 2 is 2.06 bits per heavy atom. The van der Waals surface area contributed by atoms with Gasteiger partial charge in [0.25, 0.3) is 0 Å². The minimum Gasteiger partial charge on any atom is -0.466 e. The van der Waals surface area contributed by atoms with Crippen LogP contribution in [0.25, 0.3) is 0 Å². The van der Waals surface area contributed by atoms with Crippen LogP contribution in [-0.4, -0.2) is 37.0 Å². The van der Waals surface area contributed by atoms with Crippen molar-refractivity contribution in [2.75, 3.05) is 26.3 Å². The monoisotopic (exact) mass is 251 g/mol. The van der Waals surface area contributed by atoms with Crippen LogP contribution >= 0.6 is 0 Å². The normalized spacial score (nSPS) is 23.9. The average Bonchev–Trinajstić information content (AvgIpc) is 2.88. The van der Waals surface area contributed by atoms with Gasteiger partial charge in [-0.1, -0.05) is 0 Å². The topological polar surface area (TPSA) is 34.8 Å². The van der Waals surface area contributed by atoms with Gasteiger partial charge in [0, 0.05) is 18.5 Å². The zero-order valence-electron chi connectivity index (χ0n) is 11.2. The molecule has 0 radical (unpaired) electrons. The molecule has 2 aliphatic rings. The molecule has 0 unspecified atom stereocenters. The number of likely N-dealkylation sites (tertiary alicyclic amines) is 1. The Labute approximate surface area is 108 Å². The molecule has 1 aromatic heterocycles. The van der Waals surface area contributed by atoms with Gasteiger partial charge in [-0.15, -0.1) is 0 Å². The molecule has 2 fully saturated rings. The fourth-order valence-electron chi connectivity index (χ4n) is 3.02. The molecule has 0 bridgehead atoms.